The van der Waals surface area contributed by atoms with Gasteiger partial charge in [-0.05, 0) is 51.1 Å². The Morgan fingerprint density at radius 3 is 2.69 bits per heavy atom. The molecule has 1 aromatic carbocycles. The number of benzene rings is 1. The number of amides is 1. The highest BCUT2D eigenvalue weighted by Crippen LogP contribution is 2.34. The molecule has 3 heterocycles. The molecule has 39 heavy (non-hydrogen) atoms. The van der Waals surface area contributed by atoms with Crippen molar-refractivity contribution >= 4 is 17.9 Å². The summed E-state index contributed by atoms with van der Waals surface area (Å²) >= 11 is 0. The van der Waals surface area contributed by atoms with Crippen molar-refractivity contribution in [1.29, 1.82) is 5.26 Å². The Bertz CT molecular complexity index is 1390. The summed E-state index contributed by atoms with van der Waals surface area (Å²) < 4.78 is 45.9. The number of anilines is 2. The number of aromatic nitrogens is 3. The van der Waals surface area contributed by atoms with Gasteiger partial charge >= 0.3 is 12.0 Å². The Morgan fingerprint density at radius 2 is 2.00 bits per heavy atom. The van der Waals surface area contributed by atoms with Crippen LogP contribution in [0.1, 0.15) is 32.8 Å². The molecule has 0 spiro atoms. The van der Waals surface area contributed by atoms with Crippen molar-refractivity contribution in [2.45, 2.75) is 44.8 Å². The van der Waals surface area contributed by atoms with Crippen LogP contribution in [0, 0.1) is 11.3 Å². The molecule has 0 bridgehead atoms. The first-order valence-corrected chi connectivity index (χ1v) is 12.2. The van der Waals surface area contributed by atoms with Crippen LogP contribution in [0.5, 0.6) is 11.6 Å². The van der Waals surface area contributed by atoms with Crippen LogP contribution in [-0.4, -0.2) is 63.8 Å². The maximum absolute atomic E-state index is 15.0. The minimum Gasteiger partial charge on any atom is -0.483 e. The molecule has 3 aromatic rings. The fourth-order valence-corrected chi connectivity index (χ4v) is 3.87. The van der Waals surface area contributed by atoms with Gasteiger partial charge < -0.3 is 24.4 Å². The van der Waals surface area contributed by atoms with Gasteiger partial charge in [-0.3, -0.25) is 0 Å². The van der Waals surface area contributed by atoms with E-state index in [1.165, 1.54) is 19.2 Å². The number of nitrogens with zero attached hydrogens (tertiary/aromatic N) is 5. The SMILES string of the molecule is COc1cccc(Nc2nccc(-c3ccc(OC4CCN(C(=O)OC(C)(C)C)CC4(F)F)c(C#N)c3)n2)n1. The van der Waals surface area contributed by atoms with Crippen molar-refractivity contribution in [3.05, 3.63) is 54.2 Å². The van der Waals surface area contributed by atoms with E-state index in [4.69, 9.17) is 14.2 Å². The Labute approximate surface area is 224 Å². The molecule has 4 rings (SSSR count). The fraction of sp³-hybridized carbons (Fsp3) is 0.370. The molecule has 1 N–H and O–H groups in total. The van der Waals surface area contributed by atoms with Crippen molar-refractivity contribution in [2.75, 3.05) is 25.5 Å². The van der Waals surface area contributed by atoms with Gasteiger partial charge in [0, 0.05) is 30.8 Å². The Balaban J connectivity index is 1.48. The number of ether oxygens (including phenoxy) is 3. The van der Waals surface area contributed by atoms with Gasteiger partial charge in [0.1, 0.15) is 23.2 Å². The van der Waals surface area contributed by atoms with Crippen LogP contribution in [-0.2, 0) is 4.74 Å². The van der Waals surface area contributed by atoms with Crippen LogP contribution in [0.3, 0.4) is 0 Å². The third-order valence-electron chi connectivity index (χ3n) is 5.68. The van der Waals surface area contributed by atoms with E-state index in [2.05, 4.69) is 20.3 Å². The van der Waals surface area contributed by atoms with E-state index in [0.29, 0.717) is 23.0 Å². The molecule has 1 amide bonds. The maximum atomic E-state index is 15.0. The third kappa shape index (κ3) is 6.87. The number of methoxy groups -OCH3 is 1. The van der Waals surface area contributed by atoms with Crippen LogP contribution < -0.4 is 14.8 Å². The zero-order valence-electron chi connectivity index (χ0n) is 21.9. The van der Waals surface area contributed by atoms with Gasteiger partial charge in [0.25, 0.3) is 0 Å². The summed E-state index contributed by atoms with van der Waals surface area (Å²) in [4.78, 5) is 26.2. The third-order valence-corrected chi connectivity index (χ3v) is 5.68. The smallest absolute Gasteiger partial charge is 0.410 e. The molecule has 1 fully saturated rings. The number of likely N-dealkylation sites (tertiary alicyclic amines) is 1. The van der Waals surface area contributed by atoms with E-state index in [-0.39, 0.29) is 30.2 Å². The second kappa shape index (κ2) is 11.1. The molecule has 1 aliphatic heterocycles. The molecule has 0 saturated carbocycles. The summed E-state index contributed by atoms with van der Waals surface area (Å²) in [7, 11) is 1.51. The molecular weight excluding hydrogens is 510 g/mol. The summed E-state index contributed by atoms with van der Waals surface area (Å²) in [6, 6.07) is 13.5. The summed E-state index contributed by atoms with van der Waals surface area (Å²) in [5.41, 5.74) is 0.333. The number of alkyl halides is 2. The zero-order valence-corrected chi connectivity index (χ0v) is 21.9. The van der Waals surface area contributed by atoms with Gasteiger partial charge in [-0.1, -0.05) is 6.07 Å². The van der Waals surface area contributed by atoms with E-state index < -0.39 is 30.3 Å². The highest BCUT2D eigenvalue weighted by Gasteiger charge is 2.48. The summed E-state index contributed by atoms with van der Waals surface area (Å²) in [5, 5.41) is 12.7. The average Bonchev–Trinajstić information content (AvgIpc) is 2.89. The van der Waals surface area contributed by atoms with E-state index in [1.54, 1.807) is 57.3 Å². The minimum atomic E-state index is -3.35. The molecular formula is C27H28F2N6O4. The van der Waals surface area contributed by atoms with Gasteiger partial charge in [-0.15, -0.1) is 0 Å². The number of hydrogen-bond acceptors (Lipinski definition) is 9. The zero-order chi connectivity index (χ0) is 28.2. The summed E-state index contributed by atoms with van der Waals surface area (Å²) in [6.07, 6.45) is -0.902. The molecule has 1 aliphatic rings. The monoisotopic (exact) mass is 538 g/mol. The number of rotatable bonds is 6. The standard InChI is InChI=1S/C27H28F2N6O4/c1-26(2,3)39-25(36)35-13-11-21(27(28,29)16-35)38-20-9-8-17(14-18(20)15-30)19-10-12-31-24(32-19)34-22-6-5-7-23(33-22)37-4/h5-10,12,14,21H,11,13,16H2,1-4H3,(H,31,32,33,34). The number of nitriles is 1. The lowest BCUT2D eigenvalue weighted by Gasteiger charge is -2.38. The van der Waals surface area contributed by atoms with E-state index >= 15 is 0 Å². The molecule has 12 heteroatoms. The Kier molecular flexibility index (Phi) is 7.80. The normalized spacial score (nSPS) is 16.6. The van der Waals surface area contributed by atoms with Gasteiger partial charge in [0.15, 0.2) is 6.10 Å². The van der Waals surface area contributed by atoms with Crippen molar-refractivity contribution in [1.82, 2.24) is 19.9 Å². The topological polar surface area (TPSA) is 122 Å². The summed E-state index contributed by atoms with van der Waals surface area (Å²) in [6.45, 7) is 4.20. The van der Waals surface area contributed by atoms with Crippen LogP contribution >= 0.6 is 0 Å². The van der Waals surface area contributed by atoms with Crippen molar-refractivity contribution in [2.24, 2.45) is 0 Å². The highest BCUT2D eigenvalue weighted by molar-refractivity contribution is 5.68. The van der Waals surface area contributed by atoms with Crippen molar-refractivity contribution in [3.63, 3.8) is 0 Å². The molecule has 0 radical (unpaired) electrons. The number of hydrogen-bond donors (Lipinski definition) is 1. The molecule has 204 valence electrons. The predicted molar refractivity (Wildman–Crippen MR) is 138 cm³/mol. The first kappa shape index (κ1) is 27.5. The quantitative estimate of drug-likeness (QED) is 0.452. The second-order valence-corrected chi connectivity index (χ2v) is 9.84. The van der Waals surface area contributed by atoms with Crippen molar-refractivity contribution < 1.29 is 27.8 Å². The average molecular weight is 539 g/mol. The minimum absolute atomic E-state index is 0.0182. The molecule has 0 aliphatic carbocycles. The second-order valence-electron chi connectivity index (χ2n) is 9.84. The maximum Gasteiger partial charge on any atom is 0.410 e. The highest BCUT2D eigenvalue weighted by atomic mass is 19.3. The Morgan fingerprint density at radius 1 is 1.21 bits per heavy atom. The number of piperidine rings is 1. The Hall–Kier alpha value is -4.53. The molecule has 1 unspecified atom stereocenters. The van der Waals surface area contributed by atoms with Gasteiger partial charge in [-0.25, -0.2) is 23.5 Å². The van der Waals surface area contributed by atoms with Crippen LogP contribution in [0.4, 0.5) is 25.3 Å². The van der Waals surface area contributed by atoms with Crippen LogP contribution in [0.15, 0.2) is 48.7 Å². The van der Waals surface area contributed by atoms with E-state index in [9.17, 15) is 18.8 Å². The predicted octanol–water partition coefficient (Wildman–Crippen LogP) is 5.19. The van der Waals surface area contributed by atoms with Crippen LogP contribution in [0.2, 0.25) is 0 Å². The van der Waals surface area contributed by atoms with Crippen LogP contribution in [0.25, 0.3) is 11.3 Å². The number of carbonyl (C=O) groups is 1. The largest absolute Gasteiger partial charge is 0.483 e. The van der Waals surface area contributed by atoms with Gasteiger partial charge in [-0.2, -0.15) is 10.2 Å². The first-order chi connectivity index (χ1) is 18.5. The lowest BCUT2D eigenvalue weighted by atomic mass is 10.0. The molecule has 1 atom stereocenters. The number of pyridine rings is 1. The van der Waals surface area contributed by atoms with E-state index in [0.717, 1.165) is 4.90 Å². The fourth-order valence-electron chi connectivity index (χ4n) is 3.87. The molecule has 2 aromatic heterocycles. The molecule has 1 saturated heterocycles. The molecule has 10 nitrogen and oxygen atoms in total. The van der Waals surface area contributed by atoms with Crippen molar-refractivity contribution in [3.8, 4) is 29.0 Å². The van der Waals surface area contributed by atoms with Gasteiger partial charge in [0.05, 0.1) is 24.9 Å². The number of halogens is 2. The summed E-state index contributed by atoms with van der Waals surface area (Å²) in [5.74, 6) is -2.16. The van der Waals surface area contributed by atoms with E-state index in [1.807, 2.05) is 6.07 Å². The lowest BCUT2D eigenvalue weighted by Crippen LogP contribution is -2.56. The first-order valence-electron chi connectivity index (χ1n) is 12.2. The number of nitrogens with one attached hydrogen (secondary N) is 1. The lowest BCUT2D eigenvalue weighted by molar-refractivity contribution is -0.137. The van der Waals surface area contributed by atoms with Gasteiger partial charge in [0.2, 0.25) is 11.8 Å². The number of carbonyl (C=O) groups excluding carboxylic acids is 1.